The van der Waals surface area contributed by atoms with Crippen LogP contribution < -0.4 is 0 Å². The van der Waals surface area contributed by atoms with Crippen molar-refractivity contribution in [3.63, 3.8) is 0 Å². The van der Waals surface area contributed by atoms with E-state index < -0.39 is 0 Å². The van der Waals surface area contributed by atoms with Gasteiger partial charge in [-0.15, -0.1) is 0 Å². The maximum absolute atomic E-state index is 5.37. The average molecular weight is 601 g/mol. The molecule has 0 N–H and O–H groups in total. The molecular weight excluding hydrogens is 532 g/mol. The summed E-state index contributed by atoms with van der Waals surface area (Å²) in [5.74, 6) is 0. The number of nitrogens with zero attached hydrogens (tertiary/aromatic N) is 2. The molecule has 5 saturated heterocycles. The molecule has 5 nitrogen and oxygen atoms in total. The van der Waals surface area contributed by atoms with E-state index in [-0.39, 0.29) is 0 Å². The summed E-state index contributed by atoms with van der Waals surface area (Å²) in [5, 5.41) is 0. The molecule has 5 aliphatic heterocycles. The molecule has 5 heteroatoms. The predicted molar refractivity (Wildman–Crippen MR) is 177 cm³/mol. The molecule has 0 aromatic carbocycles. The van der Waals surface area contributed by atoms with Gasteiger partial charge in [0.25, 0.3) is 0 Å². The monoisotopic (exact) mass is 601 g/mol. The number of ether oxygens (including phenoxy) is 3. The molecule has 5 aliphatic carbocycles. The molecule has 0 aromatic rings. The van der Waals surface area contributed by atoms with Crippen LogP contribution in [0.1, 0.15) is 135 Å². The summed E-state index contributed by atoms with van der Waals surface area (Å²) in [6.45, 7) is 11.6. The van der Waals surface area contributed by atoms with Crippen molar-refractivity contribution in [2.75, 3.05) is 79.9 Å². The van der Waals surface area contributed by atoms with Crippen molar-refractivity contribution in [2.45, 2.75) is 135 Å². The summed E-state index contributed by atoms with van der Waals surface area (Å²) in [5.41, 5.74) is 3.99. The third kappa shape index (κ3) is 10.4. The molecule has 5 saturated carbocycles. The number of hydrogen-bond donors (Lipinski definition) is 0. The first-order valence-corrected chi connectivity index (χ1v) is 19.0. The van der Waals surface area contributed by atoms with Gasteiger partial charge in [-0.3, -0.25) is 0 Å². The molecule has 0 radical (unpaired) electrons. The molecule has 10 fully saturated rings. The number of rotatable bonds is 0. The van der Waals surface area contributed by atoms with Gasteiger partial charge >= 0.3 is 0 Å². The van der Waals surface area contributed by atoms with E-state index in [4.69, 9.17) is 14.2 Å². The van der Waals surface area contributed by atoms with Crippen molar-refractivity contribution in [2.24, 2.45) is 27.1 Å². The third-order valence-corrected chi connectivity index (χ3v) is 13.4. The summed E-state index contributed by atoms with van der Waals surface area (Å²) in [6, 6.07) is 0. The molecule has 43 heavy (non-hydrogen) atoms. The lowest BCUT2D eigenvalue weighted by atomic mass is 9.94. The molecule has 5 spiro atoms. The summed E-state index contributed by atoms with van der Waals surface area (Å²) in [6.07, 6.45) is 30.3. The number of piperidine rings is 2. The van der Waals surface area contributed by atoms with Gasteiger partial charge < -0.3 is 24.0 Å². The van der Waals surface area contributed by atoms with Gasteiger partial charge in [0.2, 0.25) is 0 Å². The van der Waals surface area contributed by atoms with Gasteiger partial charge in [-0.05, 0) is 196 Å². The Balaban J connectivity index is 0.0000000958. The lowest BCUT2D eigenvalue weighted by molar-refractivity contribution is 0.0436. The summed E-state index contributed by atoms with van der Waals surface area (Å²) >= 11 is 0. The quantitative estimate of drug-likeness (QED) is 0.281. The Labute approximate surface area is 265 Å². The summed E-state index contributed by atoms with van der Waals surface area (Å²) < 4.78 is 16.0. The highest BCUT2D eigenvalue weighted by Crippen LogP contribution is 2.55. The fourth-order valence-corrected chi connectivity index (χ4v) is 8.51. The van der Waals surface area contributed by atoms with Gasteiger partial charge in [0.1, 0.15) is 0 Å². The van der Waals surface area contributed by atoms with Crippen molar-refractivity contribution in [1.29, 1.82) is 0 Å². The Morgan fingerprint density at radius 2 is 0.791 bits per heavy atom. The molecule has 0 aromatic heterocycles. The van der Waals surface area contributed by atoms with E-state index in [0.29, 0.717) is 5.41 Å². The number of hydrogen-bond acceptors (Lipinski definition) is 5. The second-order valence-electron chi connectivity index (χ2n) is 17.4. The number of likely N-dealkylation sites (tertiary alicyclic amines) is 2. The molecule has 5 heterocycles. The Bertz CT molecular complexity index is 787. The fourth-order valence-electron chi connectivity index (χ4n) is 8.51. The Morgan fingerprint density at radius 3 is 1.26 bits per heavy atom. The van der Waals surface area contributed by atoms with E-state index in [1.165, 1.54) is 161 Å². The molecular formula is C38H68N2O3. The first-order chi connectivity index (χ1) is 20.9. The topological polar surface area (TPSA) is 34.2 Å². The first kappa shape index (κ1) is 32.7. The normalized spacial score (nSPS) is 32.8. The largest absolute Gasteiger partial charge is 0.381 e. The third-order valence-electron chi connectivity index (χ3n) is 13.4. The fraction of sp³-hybridized carbons (Fsp3) is 1.00. The van der Waals surface area contributed by atoms with Crippen LogP contribution in [-0.4, -0.2) is 89.7 Å². The highest BCUT2D eigenvalue weighted by Gasteiger charge is 2.46. The zero-order valence-corrected chi connectivity index (χ0v) is 28.5. The highest BCUT2D eigenvalue weighted by atomic mass is 16.5. The van der Waals surface area contributed by atoms with Gasteiger partial charge in [0.15, 0.2) is 0 Å². The minimum Gasteiger partial charge on any atom is -0.381 e. The Hall–Kier alpha value is -0.200. The minimum absolute atomic E-state index is 0.707. The Morgan fingerprint density at radius 1 is 0.349 bits per heavy atom. The molecule has 0 bridgehead atoms. The van der Waals surface area contributed by atoms with E-state index in [0.717, 1.165) is 61.3 Å². The van der Waals surface area contributed by atoms with Crippen LogP contribution in [0.2, 0.25) is 0 Å². The van der Waals surface area contributed by atoms with Crippen LogP contribution in [0, 0.1) is 27.1 Å². The molecule has 0 atom stereocenters. The van der Waals surface area contributed by atoms with Crippen LogP contribution in [0.15, 0.2) is 0 Å². The van der Waals surface area contributed by atoms with Crippen LogP contribution in [-0.2, 0) is 14.2 Å². The van der Waals surface area contributed by atoms with Gasteiger partial charge in [0, 0.05) is 39.6 Å². The minimum atomic E-state index is 0.707. The van der Waals surface area contributed by atoms with Gasteiger partial charge in [0.05, 0.1) is 6.61 Å². The SMILES string of the molecule is C1CC2(CCO1)CC2.C1COCC2(C1)CC2.C1COCCC2(C1)CC2.CN1CCC2(CC1)CC2.CN1CCCC2(CC2)C1. The van der Waals surface area contributed by atoms with Crippen molar-refractivity contribution in [1.82, 2.24) is 9.80 Å². The highest BCUT2D eigenvalue weighted by molar-refractivity contribution is 4.98. The predicted octanol–water partition coefficient (Wildman–Crippen LogP) is 8.11. The molecule has 10 rings (SSSR count). The van der Waals surface area contributed by atoms with Crippen LogP contribution in [0.3, 0.4) is 0 Å². The van der Waals surface area contributed by atoms with Gasteiger partial charge in [-0.2, -0.15) is 0 Å². The van der Waals surface area contributed by atoms with Crippen molar-refractivity contribution >= 4 is 0 Å². The van der Waals surface area contributed by atoms with Crippen LogP contribution in [0.25, 0.3) is 0 Å². The summed E-state index contributed by atoms with van der Waals surface area (Å²) in [7, 11) is 4.48. The molecule has 248 valence electrons. The standard InChI is InChI=1S/2C8H15N.C8H14O.2C7H12O/c1-9-6-4-8(2-3-8)5-7-9;1-9-6-2-3-8(7-9)4-5-8;1-2-8(3-4-8)5-7-9-6-1;1-2-7(1)3-5-8-6-4-7;1-2-7(3-4-7)6-8-5-1/h2*2-7H2,1H3;1-7H2;2*1-6H2. The Kier molecular flexibility index (Phi) is 10.9. The van der Waals surface area contributed by atoms with E-state index in [9.17, 15) is 0 Å². The molecule has 10 aliphatic rings. The average Bonchev–Trinajstić information content (AvgIpc) is 3.82. The van der Waals surface area contributed by atoms with Gasteiger partial charge in [-0.25, -0.2) is 0 Å². The van der Waals surface area contributed by atoms with E-state index >= 15 is 0 Å². The molecule has 0 unspecified atom stereocenters. The van der Waals surface area contributed by atoms with Crippen LogP contribution in [0.5, 0.6) is 0 Å². The zero-order valence-electron chi connectivity index (χ0n) is 28.5. The molecule has 0 amide bonds. The smallest absolute Gasteiger partial charge is 0.0522 e. The second kappa shape index (κ2) is 14.3. The summed E-state index contributed by atoms with van der Waals surface area (Å²) in [4.78, 5) is 4.93. The lowest BCUT2D eigenvalue weighted by Crippen LogP contribution is -2.32. The van der Waals surface area contributed by atoms with E-state index in [1.54, 1.807) is 0 Å². The maximum atomic E-state index is 5.37. The maximum Gasteiger partial charge on any atom is 0.0522 e. The van der Waals surface area contributed by atoms with Crippen molar-refractivity contribution < 1.29 is 14.2 Å². The van der Waals surface area contributed by atoms with Crippen molar-refractivity contribution in [3.8, 4) is 0 Å². The first-order valence-electron chi connectivity index (χ1n) is 19.0. The van der Waals surface area contributed by atoms with Gasteiger partial charge in [-0.1, -0.05) is 0 Å². The van der Waals surface area contributed by atoms with Crippen LogP contribution in [0.4, 0.5) is 0 Å². The van der Waals surface area contributed by atoms with E-state index in [2.05, 4.69) is 23.9 Å². The van der Waals surface area contributed by atoms with E-state index in [1.807, 2.05) is 0 Å². The second-order valence-corrected chi connectivity index (χ2v) is 17.4. The van der Waals surface area contributed by atoms with Crippen LogP contribution >= 0.6 is 0 Å². The lowest BCUT2D eigenvalue weighted by Gasteiger charge is -2.29. The zero-order chi connectivity index (χ0) is 29.7. The van der Waals surface area contributed by atoms with Crippen molar-refractivity contribution in [3.05, 3.63) is 0 Å².